The smallest absolute Gasteiger partial charge is 0.153 e. The Labute approximate surface area is 90.4 Å². The van der Waals surface area contributed by atoms with E-state index in [0.29, 0.717) is 11.5 Å². The van der Waals surface area contributed by atoms with E-state index >= 15 is 0 Å². The molecular weight excluding hydrogens is 210 g/mol. The van der Waals surface area contributed by atoms with E-state index in [4.69, 9.17) is 0 Å². The zero-order valence-corrected chi connectivity index (χ0v) is 9.33. The van der Waals surface area contributed by atoms with Gasteiger partial charge in [-0.1, -0.05) is 30.3 Å². The second-order valence-electron chi connectivity index (χ2n) is 3.96. The Morgan fingerprint density at radius 2 is 1.87 bits per heavy atom. The van der Waals surface area contributed by atoms with Crippen molar-refractivity contribution in [3.05, 3.63) is 35.9 Å². The lowest BCUT2D eigenvalue weighted by Gasteiger charge is -2.26. The number of hydrogen-bond donors (Lipinski definition) is 1. The van der Waals surface area contributed by atoms with Crippen molar-refractivity contribution >= 4 is 9.84 Å². The summed E-state index contributed by atoms with van der Waals surface area (Å²) in [5.41, 5.74) is 1.28. The summed E-state index contributed by atoms with van der Waals surface area (Å²) >= 11 is 0. The highest BCUT2D eigenvalue weighted by Gasteiger charge is 2.32. The van der Waals surface area contributed by atoms with E-state index in [0.717, 1.165) is 13.0 Å². The van der Waals surface area contributed by atoms with Gasteiger partial charge in [-0.05, 0) is 18.5 Å². The summed E-state index contributed by atoms with van der Waals surface area (Å²) in [7, 11) is -2.69. The van der Waals surface area contributed by atoms with E-state index in [-0.39, 0.29) is 6.04 Å². The normalized spacial score (nSPS) is 19.7. The van der Waals surface area contributed by atoms with Gasteiger partial charge in [0.15, 0.2) is 9.84 Å². The minimum atomic E-state index is -2.69. The summed E-state index contributed by atoms with van der Waals surface area (Å²) in [4.78, 5) is 0. The fourth-order valence-electron chi connectivity index (χ4n) is 1.75. The standard InChI is InChI=1S/C11H15NO2S/c13-15(14)8-11(9-15)12-7-6-10-4-2-1-3-5-10/h1-5,11-12H,6-9H2. The molecule has 0 atom stereocenters. The van der Waals surface area contributed by atoms with Gasteiger partial charge in [-0.2, -0.15) is 0 Å². The van der Waals surface area contributed by atoms with Crippen LogP contribution in [0.4, 0.5) is 0 Å². The van der Waals surface area contributed by atoms with Crippen LogP contribution in [-0.2, 0) is 16.3 Å². The maximum Gasteiger partial charge on any atom is 0.153 e. The number of sulfone groups is 1. The topological polar surface area (TPSA) is 46.2 Å². The second-order valence-corrected chi connectivity index (χ2v) is 6.12. The molecule has 1 heterocycles. The third-order valence-electron chi connectivity index (χ3n) is 2.60. The van der Waals surface area contributed by atoms with Crippen molar-refractivity contribution in [1.82, 2.24) is 5.32 Å². The highest BCUT2D eigenvalue weighted by molar-refractivity contribution is 7.92. The summed E-state index contributed by atoms with van der Waals surface area (Å²) in [5, 5.41) is 3.24. The van der Waals surface area contributed by atoms with Gasteiger partial charge in [-0.15, -0.1) is 0 Å². The molecule has 4 heteroatoms. The van der Waals surface area contributed by atoms with E-state index in [1.165, 1.54) is 5.56 Å². The maximum absolute atomic E-state index is 10.9. The molecule has 1 saturated heterocycles. The Morgan fingerprint density at radius 3 is 2.47 bits per heavy atom. The summed E-state index contributed by atoms with van der Waals surface area (Å²) in [6.45, 7) is 0.851. The maximum atomic E-state index is 10.9. The molecule has 1 aliphatic heterocycles. The lowest BCUT2D eigenvalue weighted by molar-refractivity contribution is 0.514. The van der Waals surface area contributed by atoms with Crippen LogP contribution in [0.1, 0.15) is 5.56 Å². The average molecular weight is 225 g/mol. The minimum Gasteiger partial charge on any atom is -0.312 e. The van der Waals surface area contributed by atoms with Crippen molar-refractivity contribution in [3.8, 4) is 0 Å². The molecule has 0 bridgehead atoms. The Hall–Kier alpha value is -0.870. The summed E-state index contributed by atoms with van der Waals surface area (Å²) in [6, 6.07) is 10.4. The lowest BCUT2D eigenvalue weighted by Crippen LogP contribution is -2.51. The molecule has 82 valence electrons. The quantitative estimate of drug-likeness (QED) is 0.817. The molecule has 1 aromatic carbocycles. The second kappa shape index (κ2) is 4.33. The van der Waals surface area contributed by atoms with Crippen LogP contribution in [0.5, 0.6) is 0 Å². The predicted octanol–water partition coefficient (Wildman–Crippen LogP) is 0.616. The van der Waals surface area contributed by atoms with Crippen LogP contribution in [0.25, 0.3) is 0 Å². The molecule has 0 aliphatic carbocycles. The van der Waals surface area contributed by atoms with Crippen LogP contribution in [-0.4, -0.2) is 32.5 Å². The van der Waals surface area contributed by atoms with Gasteiger partial charge >= 0.3 is 0 Å². The molecule has 0 saturated carbocycles. The first-order valence-electron chi connectivity index (χ1n) is 5.13. The van der Waals surface area contributed by atoms with E-state index in [9.17, 15) is 8.42 Å². The number of rotatable bonds is 4. The van der Waals surface area contributed by atoms with Gasteiger partial charge in [0.25, 0.3) is 0 Å². The van der Waals surface area contributed by atoms with Crippen molar-refractivity contribution in [2.24, 2.45) is 0 Å². The number of hydrogen-bond acceptors (Lipinski definition) is 3. The van der Waals surface area contributed by atoms with Crippen molar-refractivity contribution < 1.29 is 8.42 Å². The molecule has 0 spiro atoms. The molecular formula is C11H15NO2S. The van der Waals surface area contributed by atoms with Gasteiger partial charge < -0.3 is 5.32 Å². The molecule has 15 heavy (non-hydrogen) atoms. The highest BCUT2D eigenvalue weighted by atomic mass is 32.2. The van der Waals surface area contributed by atoms with E-state index in [1.807, 2.05) is 18.2 Å². The van der Waals surface area contributed by atoms with Crippen molar-refractivity contribution in [1.29, 1.82) is 0 Å². The molecule has 0 radical (unpaired) electrons. The van der Waals surface area contributed by atoms with Crippen molar-refractivity contribution in [2.75, 3.05) is 18.1 Å². The fraction of sp³-hybridized carbons (Fsp3) is 0.455. The SMILES string of the molecule is O=S1(=O)CC(NCCc2ccccc2)C1. The lowest BCUT2D eigenvalue weighted by atomic mass is 10.1. The molecule has 0 unspecified atom stereocenters. The summed E-state index contributed by atoms with van der Waals surface area (Å²) in [6.07, 6.45) is 0.956. The minimum absolute atomic E-state index is 0.179. The first-order valence-corrected chi connectivity index (χ1v) is 6.96. The highest BCUT2D eigenvalue weighted by Crippen LogP contribution is 2.10. The molecule has 1 fully saturated rings. The average Bonchev–Trinajstić information content (AvgIpc) is 2.16. The predicted molar refractivity (Wildman–Crippen MR) is 60.6 cm³/mol. The first kappa shape index (κ1) is 10.6. The Morgan fingerprint density at radius 1 is 1.20 bits per heavy atom. The fourth-order valence-corrected chi connectivity index (χ4v) is 3.11. The van der Waals surface area contributed by atoms with Crippen LogP contribution in [0, 0.1) is 0 Å². The molecule has 1 N–H and O–H groups in total. The summed E-state index contributed by atoms with van der Waals surface area (Å²) < 4.78 is 21.8. The van der Waals surface area contributed by atoms with E-state index in [1.54, 1.807) is 0 Å². The van der Waals surface area contributed by atoms with Crippen LogP contribution in [0.3, 0.4) is 0 Å². The van der Waals surface area contributed by atoms with Gasteiger partial charge in [0.05, 0.1) is 11.5 Å². The Bertz CT molecular complexity index is 401. The summed E-state index contributed by atoms with van der Waals surface area (Å²) in [5.74, 6) is 0.615. The zero-order valence-electron chi connectivity index (χ0n) is 8.52. The van der Waals surface area contributed by atoms with Crippen molar-refractivity contribution in [2.45, 2.75) is 12.5 Å². The third-order valence-corrected chi connectivity index (χ3v) is 4.42. The van der Waals surface area contributed by atoms with Gasteiger partial charge in [0, 0.05) is 6.04 Å². The number of benzene rings is 1. The van der Waals surface area contributed by atoms with Gasteiger partial charge in [0.2, 0.25) is 0 Å². The van der Waals surface area contributed by atoms with E-state index in [2.05, 4.69) is 17.4 Å². The monoisotopic (exact) mass is 225 g/mol. The Kier molecular flexibility index (Phi) is 3.07. The van der Waals surface area contributed by atoms with Crippen LogP contribution in [0.2, 0.25) is 0 Å². The van der Waals surface area contributed by atoms with Gasteiger partial charge in [0.1, 0.15) is 0 Å². The first-order chi connectivity index (χ1) is 7.16. The molecule has 3 nitrogen and oxygen atoms in total. The van der Waals surface area contributed by atoms with E-state index < -0.39 is 9.84 Å². The molecule has 1 aromatic rings. The van der Waals surface area contributed by atoms with Gasteiger partial charge in [-0.25, -0.2) is 8.42 Å². The van der Waals surface area contributed by atoms with Crippen LogP contribution in [0.15, 0.2) is 30.3 Å². The molecule has 0 amide bonds. The van der Waals surface area contributed by atoms with Crippen molar-refractivity contribution in [3.63, 3.8) is 0 Å². The van der Waals surface area contributed by atoms with Crippen LogP contribution >= 0.6 is 0 Å². The third kappa shape index (κ3) is 3.04. The molecule has 1 aliphatic rings. The van der Waals surface area contributed by atoms with Gasteiger partial charge in [-0.3, -0.25) is 0 Å². The Balaban J connectivity index is 1.69. The molecule has 2 rings (SSSR count). The zero-order chi connectivity index (χ0) is 10.7. The molecule has 0 aromatic heterocycles. The van der Waals surface area contributed by atoms with Crippen LogP contribution < -0.4 is 5.32 Å². The largest absolute Gasteiger partial charge is 0.312 e. The number of nitrogens with one attached hydrogen (secondary N) is 1.